The number of carbonyl (C=O) groups excluding carboxylic acids is 2. The highest BCUT2D eigenvalue weighted by Crippen LogP contribution is 2.20. The molecule has 1 aromatic rings. The molecule has 0 unspecified atom stereocenters. The minimum Gasteiger partial charge on any atom is -0.465 e. The van der Waals surface area contributed by atoms with E-state index in [4.69, 9.17) is 4.74 Å². The summed E-state index contributed by atoms with van der Waals surface area (Å²) < 4.78 is 9.83. The fraction of sp³-hybridized carbons (Fsp3) is 0.429. The summed E-state index contributed by atoms with van der Waals surface area (Å²) in [5.74, 6) is -0.440. The van der Waals surface area contributed by atoms with Crippen LogP contribution in [0.15, 0.2) is 18.2 Å². The smallest absolute Gasteiger partial charge is 0.412 e. The second-order valence-electron chi connectivity index (χ2n) is 5.10. The van der Waals surface area contributed by atoms with Crippen molar-refractivity contribution in [3.63, 3.8) is 0 Å². The zero-order valence-electron chi connectivity index (χ0n) is 11.9. The first-order valence-electron chi connectivity index (χ1n) is 5.92. The Bertz CT molecular complexity index is 489. The lowest BCUT2D eigenvalue weighted by Crippen LogP contribution is -2.27. The van der Waals surface area contributed by atoms with Crippen LogP contribution in [0.5, 0.6) is 0 Å². The van der Waals surface area contributed by atoms with Gasteiger partial charge in [0, 0.05) is 5.69 Å². The fourth-order valence-electron chi connectivity index (χ4n) is 1.52. The Labute approximate surface area is 112 Å². The molecule has 19 heavy (non-hydrogen) atoms. The third-order valence-corrected chi connectivity index (χ3v) is 2.37. The van der Waals surface area contributed by atoms with Gasteiger partial charge in [0.2, 0.25) is 0 Å². The molecule has 1 N–H and O–H groups in total. The maximum absolute atomic E-state index is 11.7. The number of carbonyl (C=O) groups is 2. The van der Waals surface area contributed by atoms with Crippen LogP contribution in [0.2, 0.25) is 0 Å². The summed E-state index contributed by atoms with van der Waals surface area (Å²) in [6.45, 7) is 7.08. The third kappa shape index (κ3) is 4.28. The number of rotatable bonds is 2. The van der Waals surface area contributed by atoms with Crippen LogP contribution in [-0.2, 0) is 9.47 Å². The molecule has 0 spiro atoms. The highest BCUT2D eigenvalue weighted by Gasteiger charge is 2.18. The molecule has 0 aliphatic rings. The van der Waals surface area contributed by atoms with Gasteiger partial charge in [-0.3, -0.25) is 5.32 Å². The summed E-state index contributed by atoms with van der Waals surface area (Å²) in [7, 11) is 1.32. The van der Waals surface area contributed by atoms with E-state index >= 15 is 0 Å². The SMILES string of the molecule is COC(=O)c1cccc(NC(=O)OC(C)(C)C)c1C. The molecule has 1 aromatic carbocycles. The van der Waals surface area contributed by atoms with E-state index in [1.54, 1.807) is 45.9 Å². The first-order chi connectivity index (χ1) is 8.74. The second kappa shape index (κ2) is 5.73. The summed E-state index contributed by atoms with van der Waals surface area (Å²) in [5, 5.41) is 2.62. The number of benzene rings is 1. The van der Waals surface area contributed by atoms with Gasteiger partial charge in [-0.05, 0) is 45.4 Å². The lowest BCUT2D eigenvalue weighted by molar-refractivity contribution is 0.0595. The number of ether oxygens (including phenoxy) is 2. The zero-order chi connectivity index (χ0) is 14.6. The molecule has 5 heteroatoms. The monoisotopic (exact) mass is 265 g/mol. The molecule has 0 saturated carbocycles. The van der Waals surface area contributed by atoms with Crippen molar-refractivity contribution < 1.29 is 19.1 Å². The molecule has 0 bridgehead atoms. The maximum atomic E-state index is 11.7. The fourth-order valence-corrected chi connectivity index (χ4v) is 1.52. The van der Waals surface area contributed by atoms with Gasteiger partial charge in [0.25, 0.3) is 0 Å². The van der Waals surface area contributed by atoms with E-state index < -0.39 is 17.7 Å². The van der Waals surface area contributed by atoms with Crippen molar-refractivity contribution in [1.29, 1.82) is 0 Å². The Kier molecular flexibility index (Phi) is 4.53. The summed E-state index contributed by atoms with van der Waals surface area (Å²) in [5.41, 5.74) is 1.01. The van der Waals surface area contributed by atoms with E-state index in [0.29, 0.717) is 16.8 Å². The Balaban J connectivity index is 2.91. The first-order valence-corrected chi connectivity index (χ1v) is 5.92. The van der Waals surface area contributed by atoms with Gasteiger partial charge >= 0.3 is 12.1 Å². The lowest BCUT2D eigenvalue weighted by Gasteiger charge is -2.20. The van der Waals surface area contributed by atoms with Gasteiger partial charge in [0.1, 0.15) is 5.60 Å². The summed E-state index contributed by atoms with van der Waals surface area (Å²) >= 11 is 0. The van der Waals surface area contributed by atoms with Crippen molar-refractivity contribution in [1.82, 2.24) is 0 Å². The van der Waals surface area contributed by atoms with Crippen LogP contribution in [0.3, 0.4) is 0 Å². The Morgan fingerprint density at radius 3 is 2.37 bits per heavy atom. The van der Waals surface area contributed by atoms with E-state index in [-0.39, 0.29) is 0 Å². The molecule has 0 atom stereocenters. The molecule has 0 saturated heterocycles. The Morgan fingerprint density at radius 2 is 1.84 bits per heavy atom. The highest BCUT2D eigenvalue weighted by atomic mass is 16.6. The molecule has 0 aliphatic heterocycles. The molecule has 0 radical (unpaired) electrons. The van der Waals surface area contributed by atoms with Crippen molar-refractivity contribution >= 4 is 17.7 Å². The van der Waals surface area contributed by atoms with Gasteiger partial charge in [-0.1, -0.05) is 6.07 Å². The molecular formula is C14H19NO4. The van der Waals surface area contributed by atoms with Gasteiger partial charge in [-0.2, -0.15) is 0 Å². The molecule has 5 nitrogen and oxygen atoms in total. The van der Waals surface area contributed by atoms with Gasteiger partial charge in [-0.25, -0.2) is 9.59 Å². The number of anilines is 1. The van der Waals surface area contributed by atoms with Crippen molar-refractivity contribution in [3.8, 4) is 0 Å². The molecular weight excluding hydrogens is 246 g/mol. The maximum Gasteiger partial charge on any atom is 0.412 e. The topological polar surface area (TPSA) is 64.6 Å². The number of nitrogens with one attached hydrogen (secondary N) is 1. The van der Waals surface area contributed by atoms with E-state index in [1.165, 1.54) is 7.11 Å². The normalized spacial score (nSPS) is 10.8. The van der Waals surface area contributed by atoms with Gasteiger partial charge in [0.05, 0.1) is 12.7 Å². The standard InChI is InChI=1S/C14H19NO4/c1-9-10(12(16)18-5)7-6-8-11(9)15-13(17)19-14(2,3)4/h6-8H,1-5H3,(H,15,17). The van der Waals surface area contributed by atoms with Crippen molar-refractivity contribution in [3.05, 3.63) is 29.3 Å². The molecule has 0 heterocycles. The highest BCUT2D eigenvalue weighted by molar-refractivity contribution is 5.95. The molecule has 0 aromatic heterocycles. The predicted octanol–water partition coefficient (Wildman–Crippen LogP) is 3.13. The van der Waals surface area contributed by atoms with Gasteiger partial charge in [0.15, 0.2) is 0 Å². The quantitative estimate of drug-likeness (QED) is 0.834. The summed E-state index contributed by atoms with van der Waals surface area (Å²) in [4.78, 5) is 23.2. The van der Waals surface area contributed by atoms with E-state index in [1.807, 2.05) is 0 Å². The third-order valence-electron chi connectivity index (χ3n) is 2.37. The number of hydrogen-bond donors (Lipinski definition) is 1. The van der Waals surface area contributed by atoms with E-state index in [2.05, 4.69) is 10.1 Å². The van der Waals surface area contributed by atoms with Crippen LogP contribution < -0.4 is 5.32 Å². The molecule has 1 rings (SSSR count). The van der Waals surface area contributed by atoms with Crippen molar-refractivity contribution in [2.24, 2.45) is 0 Å². The van der Waals surface area contributed by atoms with Crippen LogP contribution in [-0.4, -0.2) is 24.8 Å². The largest absolute Gasteiger partial charge is 0.465 e. The number of amides is 1. The summed E-state index contributed by atoms with van der Waals surface area (Å²) in [6.07, 6.45) is -0.558. The van der Waals surface area contributed by atoms with E-state index in [9.17, 15) is 9.59 Å². The minimum absolute atomic E-state index is 0.413. The molecule has 104 valence electrons. The molecule has 0 fully saturated rings. The minimum atomic E-state index is -0.571. The Hall–Kier alpha value is -2.04. The van der Waals surface area contributed by atoms with Crippen LogP contribution in [0, 0.1) is 6.92 Å². The second-order valence-corrected chi connectivity index (χ2v) is 5.10. The number of hydrogen-bond acceptors (Lipinski definition) is 4. The number of methoxy groups -OCH3 is 1. The van der Waals surface area contributed by atoms with E-state index in [0.717, 1.165) is 0 Å². The summed E-state index contributed by atoms with van der Waals surface area (Å²) in [6, 6.07) is 5.01. The van der Waals surface area contributed by atoms with Crippen LogP contribution >= 0.6 is 0 Å². The van der Waals surface area contributed by atoms with Crippen molar-refractivity contribution in [2.45, 2.75) is 33.3 Å². The predicted molar refractivity (Wildman–Crippen MR) is 72.4 cm³/mol. The Morgan fingerprint density at radius 1 is 1.21 bits per heavy atom. The van der Waals surface area contributed by atoms with Crippen LogP contribution in [0.1, 0.15) is 36.7 Å². The van der Waals surface area contributed by atoms with Gasteiger partial charge in [-0.15, -0.1) is 0 Å². The average molecular weight is 265 g/mol. The average Bonchev–Trinajstić information content (AvgIpc) is 2.28. The lowest BCUT2D eigenvalue weighted by atomic mass is 10.1. The van der Waals surface area contributed by atoms with Gasteiger partial charge < -0.3 is 9.47 Å². The molecule has 1 amide bonds. The van der Waals surface area contributed by atoms with Crippen molar-refractivity contribution in [2.75, 3.05) is 12.4 Å². The first kappa shape index (κ1) is 15.0. The number of esters is 1. The van der Waals surface area contributed by atoms with Crippen LogP contribution in [0.4, 0.5) is 10.5 Å². The van der Waals surface area contributed by atoms with Crippen LogP contribution in [0.25, 0.3) is 0 Å². The zero-order valence-corrected chi connectivity index (χ0v) is 11.9. The molecule has 0 aliphatic carbocycles.